The van der Waals surface area contributed by atoms with E-state index < -0.39 is 12.0 Å². The average molecular weight is 457 g/mol. The number of piperidine rings is 1. The van der Waals surface area contributed by atoms with Gasteiger partial charge >= 0.3 is 0 Å². The van der Waals surface area contributed by atoms with Crippen LogP contribution >= 0.6 is 0 Å². The molecule has 0 saturated carbocycles. The fourth-order valence-electron chi connectivity index (χ4n) is 5.00. The van der Waals surface area contributed by atoms with E-state index in [2.05, 4.69) is 25.5 Å². The first-order valence-corrected chi connectivity index (χ1v) is 11.0. The van der Waals surface area contributed by atoms with Gasteiger partial charge in [0, 0.05) is 32.1 Å². The number of alkyl halides is 2. The van der Waals surface area contributed by atoms with Gasteiger partial charge in [-0.2, -0.15) is 0 Å². The summed E-state index contributed by atoms with van der Waals surface area (Å²) >= 11 is 0. The minimum Gasteiger partial charge on any atom is -0.507 e. The van der Waals surface area contributed by atoms with E-state index in [0.29, 0.717) is 47.5 Å². The molecule has 2 aliphatic heterocycles. The number of fused-ring (bicyclic) bond motifs is 3. The Morgan fingerprint density at radius 2 is 2.09 bits per heavy atom. The van der Waals surface area contributed by atoms with Crippen molar-refractivity contribution in [2.45, 2.75) is 63.7 Å². The summed E-state index contributed by atoms with van der Waals surface area (Å²) in [5.74, 6) is -1.61. The van der Waals surface area contributed by atoms with Gasteiger partial charge in [0.15, 0.2) is 11.6 Å². The first-order valence-electron chi connectivity index (χ1n) is 11.0. The summed E-state index contributed by atoms with van der Waals surface area (Å²) in [6.07, 6.45) is 2.29. The normalized spacial score (nSPS) is 23.7. The van der Waals surface area contributed by atoms with E-state index in [1.54, 1.807) is 20.0 Å². The highest BCUT2D eigenvalue weighted by Gasteiger charge is 2.53. The molecule has 11 heteroatoms. The van der Waals surface area contributed by atoms with Crippen molar-refractivity contribution >= 4 is 16.7 Å². The third kappa shape index (κ3) is 3.60. The van der Waals surface area contributed by atoms with Crippen LogP contribution in [0.25, 0.3) is 22.3 Å². The monoisotopic (exact) mass is 457 g/mol. The van der Waals surface area contributed by atoms with Crippen molar-refractivity contribution in [1.82, 2.24) is 30.0 Å². The fourth-order valence-corrected chi connectivity index (χ4v) is 5.00. The second-order valence-electron chi connectivity index (χ2n) is 8.85. The van der Waals surface area contributed by atoms with Crippen LogP contribution in [0.1, 0.15) is 32.0 Å². The first kappa shape index (κ1) is 21.6. The van der Waals surface area contributed by atoms with E-state index in [9.17, 15) is 18.7 Å². The molecule has 0 aliphatic carbocycles. The second kappa shape index (κ2) is 7.68. The highest BCUT2D eigenvalue weighted by Crippen LogP contribution is 2.40. The number of aromatic nitrogens is 5. The van der Waals surface area contributed by atoms with E-state index in [0.717, 1.165) is 0 Å². The Kier molecular flexibility index (Phi) is 5.04. The number of anilines is 1. The molecule has 2 N–H and O–H groups in total. The number of hydrogen-bond acceptors (Lipinski definition) is 8. The lowest BCUT2D eigenvalue weighted by molar-refractivity contribution is -0.0128. The Balaban J connectivity index is 1.43. The minimum absolute atomic E-state index is 0.0986. The molecule has 0 spiro atoms. The molecule has 2 aromatic heterocycles. The van der Waals surface area contributed by atoms with Gasteiger partial charge in [-0.1, -0.05) is 0 Å². The van der Waals surface area contributed by atoms with Gasteiger partial charge < -0.3 is 15.3 Å². The van der Waals surface area contributed by atoms with Crippen LogP contribution in [-0.2, 0) is 6.54 Å². The molecule has 2 unspecified atom stereocenters. The number of phenolic OH excluding ortho intramolecular Hbond substituents is 1. The van der Waals surface area contributed by atoms with Gasteiger partial charge in [-0.25, -0.2) is 18.7 Å². The maximum atomic E-state index is 14.0. The lowest BCUT2D eigenvalue weighted by Gasteiger charge is -2.35. The van der Waals surface area contributed by atoms with Crippen LogP contribution in [0.3, 0.4) is 0 Å². The van der Waals surface area contributed by atoms with Crippen LogP contribution in [0.5, 0.6) is 5.75 Å². The molecule has 2 bridgehead atoms. The quantitative estimate of drug-likeness (QED) is 0.614. The van der Waals surface area contributed by atoms with Crippen molar-refractivity contribution < 1.29 is 13.9 Å². The van der Waals surface area contributed by atoms with Gasteiger partial charge in [0.05, 0.1) is 28.7 Å². The smallest absolute Gasteiger partial charge is 0.264 e. The standard InChI is InChI=1S/C22H25F2N7O2/c1-4-31-11(2)26-16-7-15(17(32)8-14(16)21(31)33)20-25-10-19(28-29-20)30(3)13-5-12-9-22(23,24)18(6-13)27-12/h7-8,10,12-13,18,27,32H,4-6,9H2,1-3H3/t12?,13-,18?/m0/s1. The zero-order valence-corrected chi connectivity index (χ0v) is 18.6. The van der Waals surface area contributed by atoms with Crippen molar-refractivity contribution in [3.63, 3.8) is 0 Å². The summed E-state index contributed by atoms with van der Waals surface area (Å²) in [6, 6.07) is 1.81. The lowest BCUT2D eigenvalue weighted by Crippen LogP contribution is -2.50. The Morgan fingerprint density at radius 3 is 2.76 bits per heavy atom. The predicted octanol–water partition coefficient (Wildman–Crippen LogP) is 2.25. The van der Waals surface area contributed by atoms with Gasteiger partial charge in [0.1, 0.15) is 11.6 Å². The number of benzene rings is 1. The Morgan fingerprint density at radius 1 is 1.30 bits per heavy atom. The number of rotatable bonds is 4. The van der Waals surface area contributed by atoms with E-state index in [1.165, 1.54) is 16.8 Å². The fraction of sp³-hybridized carbons (Fsp3) is 0.500. The van der Waals surface area contributed by atoms with Crippen LogP contribution in [0.2, 0.25) is 0 Å². The van der Waals surface area contributed by atoms with E-state index >= 15 is 0 Å². The molecule has 0 radical (unpaired) electrons. The van der Waals surface area contributed by atoms with Gasteiger partial charge in [0.25, 0.3) is 11.5 Å². The molecular formula is C22H25F2N7O2. The highest BCUT2D eigenvalue weighted by molar-refractivity contribution is 5.86. The molecule has 4 heterocycles. The maximum absolute atomic E-state index is 14.0. The molecule has 5 rings (SSSR count). The van der Waals surface area contributed by atoms with Crippen molar-refractivity contribution in [2.75, 3.05) is 11.9 Å². The van der Waals surface area contributed by atoms with Crippen molar-refractivity contribution in [3.05, 3.63) is 34.5 Å². The topological polar surface area (TPSA) is 109 Å². The molecule has 33 heavy (non-hydrogen) atoms. The maximum Gasteiger partial charge on any atom is 0.264 e. The van der Waals surface area contributed by atoms with Crippen molar-refractivity contribution in [3.8, 4) is 17.1 Å². The number of aryl methyl sites for hydroxylation is 1. The van der Waals surface area contributed by atoms with Crippen molar-refractivity contribution in [2.24, 2.45) is 0 Å². The summed E-state index contributed by atoms with van der Waals surface area (Å²) in [7, 11) is 1.80. The average Bonchev–Trinajstić information content (AvgIpc) is 2.99. The number of nitrogens with one attached hydrogen (secondary N) is 1. The van der Waals surface area contributed by atoms with Crippen LogP contribution in [0, 0.1) is 6.92 Å². The Bertz CT molecular complexity index is 1280. The van der Waals surface area contributed by atoms with Gasteiger partial charge in [-0.05, 0) is 38.8 Å². The second-order valence-corrected chi connectivity index (χ2v) is 8.85. The van der Waals surface area contributed by atoms with E-state index in [4.69, 9.17) is 0 Å². The summed E-state index contributed by atoms with van der Waals surface area (Å²) in [5.41, 5.74) is 0.523. The molecule has 0 amide bonds. The van der Waals surface area contributed by atoms with Gasteiger partial charge in [-0.3, -0.25) is 9.36 Å². The molecule has 174 valence electrons. The first-order chi connectivity index (χ1) is 15.7. The summed E-state index contributed by atoms with van der Waals surface area (Å²) < 4.78 is 29.6. The number of halogens is 2. The molecule has 3 atom stereocenters. The van der Waals surface area contributed by atoms with Crippen LogP contribution in [-0.4, -0.2) is 60.9 Å². The molecule has 2 saturated heterocycles. The molecule has 2 aliphatic rings. The number of aromatic hydroxyl groups is 1. The Hall–Kier alpha value is -3.21. The Labute approximate surface area is 188 Å². The molecule has 1 aromatic carbocycles. The van der Waals surface area contributed by atoms with Crippen LogP contribution in [0.15, 0.2) is 23.1 Å². The summed E-state index contributed by atoms with van der Waals surface area (Å²) in [5, 5.41) is 22.2. The third-order valence-electron chi connectivity index (χ3n) is 6.81. The van der Waals surface area contributed by atoms with Crippen LogP contribution < -0.4 is 15.8 Å². The van der Waals surface area contributed by atoms with Gasteiger partial charge in [0.2, 0.25) is 0 Å². The lowest BCUT2D eigenvalue weighted by atomic mass is 9.98. The molecule has 9 nitrogen and oxygen atoms in total. The van der Waals surface area contributed by atoms with Crippen LogP contribution in [0.4, 0.5) is 14.6 Å². The zero-order valence-electron chi connectivity index (χ0n) is 18.6. The predicted molar refractivity (Wildman–Crippen MR) is 119 cm³/mol. The number of nitrogens with zero attached hydrogens (tertiary/aromatic N) is 6. The third-order valence-corrected chi connectivity index (χ3v) is 6.81. The van der Waals surface area contributed by atoms with Gasteiger partial charge in [-0.15, -0.1) is 10.2 Å². The number of phenols is 1. The molecule has 2 fully saturated rings. The largest absolute Gasteiger partial charge is 0.507 e. The van der Waals surface area contributed by atoms with E-state index in [1.807, 2.05) is 11.8 Å². The number of hydrogen-bond donors (Lipinski definition) is 2. The van der Waals surface area contributed by atoms with Crippen molar-refractivity contribution in [1.29, 1.82) is 0 Å². The summed E-state index contributed by atoms with van der Waals surface area (Å²) in [6.45, 7) is 4.09. The zero-order chi connectivity index (χ0) is 23.5. The summed E-state index contributed by atoms with van der Waals surface area (Å²) in [4.78, 5) is 23.3. The molecule has 3 aromatic rings. The SMILES string of the molecule is CCn1c(C)nc2cc(-c3ncc(N(C)[C@H]4CC5CC(F)(F)C(C4)N5)nn3)c(O)cc2c1=O. The minimum atomic E-state index is -2.69. The molecular weight excluding hydrogens is 432 g/mol. The highest BCUT2D eigenvalue weighted by atomic mass is 19.3. The van der Waals surface area contributed by atoms with E-state index in [-0.39, 0.29) is 35.6 Å².